The van der Waals surface area contributed by atoms with Crippen LogP contribution in [0, 0.1) is 13.8 Å². The number of nitrogens with one attached hydrogen (secondary N) is 1. The fourth-order valence-corrected chi connectivity index (χ4v) is 1.62. The van der Waals surface area contributed by atoms with Crippen LogP contribution >= 0.6 is 11.6 Å². The second-order valence-corrected chi connectivity index (χ2v) is 4.19. The van der Waals surface area contributed by atoms with Gasteiger partial charge in [-0.2, -0.15) is 0 Å². The maximum Gasteiger partial charge on any atom is 0.161 e. The number of anilines is 1. The largest absolute Gasteiger partial charge is 0.308 e. The van der Waals surface area contributed by atoms with Crippen LogP contribution in [-0.2, 0) is 0 Å². The van der Waals surface area contributed by atoms with Gasteiger partial charge in [0.1, 0.15) is 5.82 Å². The van der Waals surface area contributed by atoms with E-state index in [1.165, 1.54) is 0 Å². The lowest BCUT2D eigenvalue weighted by Crippen LogP contribution is -2.12. The van der Waals surface area contributed by atoms with E-state index in [9.17, 15) is 0 Å². The third kappa shape index (κ3) is 2.38. The Morgan fingerprint density at radius 2 is 1.76 bits per heavy atom. The number of nitrogen functional groups attached to an aromatic ring is 1. The molecule has 5 heteroatoms. The quantitative estimate of drug-likeness (QED) is 0.634. The number of aromatic nitrogens is 2. The molecular weight excluding hydrogens is 236 g/mol. The third-order valence-corrected chi connectivity index (χ3v) is 2.88. The van der Waals surface area contributed by atoms with Gasteiger partial charge in [-0.3, -0.25) is 0 Å². The number of hydrogen-bond acceptors (Lipinski definition) is 4. The van der Waals surface area contributed by atoms with Crippen LogP contribution in [0.4, 0.5) is 5.82 Å². The van der Waals surface area contributed by atoms with Crippen LogP contribution < -0.4 is 11.3 Å². The second kappa shape index (κ2) is 4.69. The van der Waals surface area contributed by atoms with Crippen LogP contribution in [0.1, 0.15) is 11.3 Å². The van der Waals surface area contributed by atoms with Gasteiger partial charge >= 0.3 is 0 Å². The summed E-state index contributed by atoms with van der Waals surface area (Å²) >= 11 is 5.84. The molecule has 0 unspecified atom stereocenters. The smallest absolute Gasteiger partial charge is 0.161 e. The SMILES string of the molecule is Cc1nc(-c2ccc(Cl)cc2)nc(NN)c1C. The van der Waals surface area contributed by atoms with Crippen LogP contribution in [0.3, 0.4) is 0 Å². The molecule has 4 nitrogen and oxygen atoms in total. The van der Waals surface area contributed by atoms with Crippen LogP contribution in [0.2, 0.25) is 5.02 Å². The molecule has 0 aliphatic carbocycles. The summed E-state index contributed by atoms with van der Waals surface area (Å²) < 4.78 is 0. The highest BCUT2D eigenvalue weighted by Crippen LogP contribution is 2.22. The standard InChI is InChI=1S/C12H13ClN4/c1-7-8(2)15-12(16-11(7)17-14)9-3-5-10(13)6-4-9/h3-6H,14H2,1-2H3,(H,15,16,17). The Hall–Kier alpha value is -1.65. The zero-order valence-corrected chi connectivity index (χ0v) is 10.4. The molecule has 1 aromatic carbocycles. The van der Waals surface area contributed by atoms with Gasteiger partial charge in [0.15, 0.2) is 5.82 Å². The topological polar surface area (TPSA) is 63.8 Å². The van der Waals surface area contributed by atoms with E-state index in [0.29, 0.717) is 16.7 Å². The molecular formula is C12H13ClN4. The Balaban J connectivity index is 2.52. The highest BCUT2D eigenvalue weighted by atomic mass is 35.5. The average molecular weight is 249 g/mol. The molecule has 0 fully saturated rings. The van der Waals surface area contributed by atoms with Gasteiger partial charge in [0.05, 0.1) is 0 Å². The summed E-state index contributed by atoms with van der Waals surface area (Å²) in [4.78, 5) is 8.79. The molecule has 17 heavy (non-hydrogen) atoms. The van der Waals surface area contributed by atoms with E-state index in [1.807, 2.05) is 38.1 Å². The van der Waals surface area contributed by atoms with Crippen molar-refractivity contribution in [2.45, 2.75) is 13.8 Å². The molecule has 0 saturated heterocycles. The van der Waals surface area contributed by atoms with Crippen molar-refractivity contribution in [3.63, 3.8) is 0 Å². The van der Waals surface area contributed by atoms with E-state index in [1.54, 1.807) is 0 Å². The van der Waals surface area contributed by atoms with Crippen molar-refractivity contribution in [3.05, 3.63) is 40.5 Å². The van der Waals surface area contributed by atoms with Gasteiger partial charge in [0.25, 0.3) is 0 Å². The maximum atomic E-state index is 5.84. The minimum Gasteiger partial charge on any atom is -0.308 e. The molecule has 0 saturated carbocycles. The first-order valence-electron chi connectivity index (χ1n) is 5.19. The summed E-state index contributed by atoms with van der Waals surface area (Å²) in [5, 5.41) is 0.690. The summed E-state index contributed by atoms with van der Waals surface area (Å²) in [6.07, 6.45) is 0. The zero-order chi connectivity index (χ0) is 12.4. The molecule has 1 heterocycles. The van der Waals surface area contributed by atoms with E-state index in [-0.39, 0.29) is 0 Å². The third-order valence-electron chi connectivity index (χ3n) is 2.63. The first kappa shape index (κ1) is 11.8. The summed E-state index contributed by atoms with van der Waals surface area (Å²) in [7, 11) is 0. The van der Waals surface area contributed by atoms with E-state index in [4.69, 9.17) is 17.4 Å². The van der Waals surface area contributed by atoms with Crippen molar-refractivity contribution in [1.82, 2.24) is 9.97 Å². The van der Waals surface area contributed by atoms with Crippen molar-refractivity contribution in [1.29, 1.82) is 0 Å². The van der Waals surface area contributed by atoms with Crippen molar-refractivity contribution in [2.75, 3.05) is 5.43 Å². The Morgan fingerprint density at radius 3 is 2.35 bits per heavy atom. The van der Waals surface area contributed by atoms with Crippen LogP contribution in [0.5, 0.6) is 0 Å². The molecule has 3 N–H and O–H groups in total. The predicted molar refractivity (Wildman–Crippen MR) is 69.8 cm³/mol. The maximum absolute atomic E-state index is 5.84. The lowest BCUT2D eigenvalue weighted by molar-refractivity contribution is 1.06. The minimum absolute atomic E-state index is 0.637. The molecule has 0 radical (unpaired) electrons. The van der Waals surface area contributed by atoms with E-state index in [0.717, 1.165) is 16.8 Å². The lowest BCUT2D eigenvalue weighted by atomic mass is 10.2. The minimum atomic E-state index is 0.637. The van der Waals surface area contributed by atoms with E-state index in [2.05, 4.69) is 15.4 Å². The fraction of sp³-hybridized carbons (Fsp3) is 0.167. The zero-order valence-electron chi connectivity index (χ0n) is 9.66. The molecule has 1 aromatic heterocycles. The lowest BCUT2D eigenvalue weighted by Gasteiger charge is -2.09. The summed E-state index contributed by atoms with van der Waals surface area (Å²) in [6.45, 7) is 3.85. The monoisotopic (exact) mass is 248 g/mol. The number of hydrogen-bond donors (Lipinski definition) is 2. The van der Waals surface area contributed by atoms with Gasteiger partial charge in [0.2, 0.25) is 0 Å². The highest BCUT2D eigenvalue weighted by molar-refractivity contribution is 6.30. The average Bonchev–Trinajstić information content (AvgIpc) is 2.33. The van der Waals surface area contributed by atoms with E-state index < -0.39 is 0 Å². The molecule has 0 atom stereocenters. The fourth-order valence-electron chi connectivity index (χ4n) is 1.50. The number of halogens is 1. The summed E-state index contributed by atoms with van der Waals surface area (Å²) in [5.41, 5.74) is 5.34. The first-order chi connectivity index (χ1) is 8.11. The molecule has 0 spiro atoms. The normalized spacial score (nSPS) is 10.4. The van der Waals surface area contributed by atoms with Gasteiger partial charge in [-0.25, -0.2) is 15.8 Å². The predicted octanol–water partition coefficient (Wildman–Crippen LogP) is 2.70. The Kier molecular flexibility index (Phi) is 3.26. The molecule has 0 bridgehead atoms. The van der Waals surface area contributed by atoms with Crippen molar-refractivity contribution in [3.8, 4) is 11.4 Å². The van der Waals surface area contributed by atoms with Crippen LogP contribution in [0.25, 0.3) is 11.4 Å². The van der Waals surface area contributed by atoms with Crippen LogP contribution in [0.15, 0.2) is 24.3 Å². The van der Waals surface area contributed by atoms with Gasteiger partial charge < -0.3 is 5.43 Å². The Morgan fingerprint density at radius 1 is 1.12 bits per heavy atom. The second-order valence-electron chi connectivity index (χ2n) is 3.76. The number of nitrogens with zero attached hydrogens (tertiary/aromatic N) is 2. The number of benzene rings is 1. The summed E-state index contributed by atoms with van der Waals surface area (Å²) in [5.74, 6) is 6.71. The van der Waals surface area contributed by atoms with Crippen molar-refractivity contribution in [2.24, 2.45) is 5.84 Å². The molecule has 0 amide bonds. The molecule has 0 aliphatic heterocycles. The number of aryl methyl sites for hydroxylation is 1. The number of hydrazine groups is 1. The van der Waals surface area contributed by atoms with Crippen molar-refractivity contribution >= 4 is 17.4 Å². The molecule has 88 valence electrons. The van der Waals surface area contributed by atoms with Gasteiger partial charge in [0, 0.05) is 21.8 Å². The number of rotatable bonds is 2. The van der Waals surface area contributed by atoms with E-state index >= 15 is 0 Å². The van der Waals surface area contributed by atoms with Gasteiger partial charge in [-0.1, -0.05) is 11.6 Å². The first-order valence-corrected chi connectivity index (χ1v) is 5.57. The van der Waals surface area contributed by atoms with Gasteiger partial charge in [-0.05, 0) is 38.1 Å². The highest BCUT2D eigenvalue weighted by Gasteiger charge is 2.08. The number of nitrogens with two attached hydrogens (primary N) is 1. The summed E-state index contributed by atoms with van der Waals surface area (Å²) in [6, 6.07) is 7.38. The Bertz CT molecular complexity index is 537. The van der Waals surface area contributed by atoms with Gasteiger partial charge in [-0.15, -0.1) is 0 Å². The van der Waals surface area contributed by atoms with Crippen molar-refractivity contribution < 1.29 is 0 Å². The van der Waals surface area contributed by atoms with Crippen LogP contribution in [-0.4, -0.2) is 9.97 Å². The Labute approximate surface area is 105 Å². The molecule has 0 aliphatic rings. The molecule has 2 rings (SSSR count). The molecule has 2 aromatic rings.